The molecule has 0 aliphatic rings. The van der Waals surface area contributed by atoms with Crippen LogP contribution in [-0.4, -0.2) is 4.57 Å². The van der Waals surface area contributed by atoms with Crippen molar-refractivity contribution in [3.63, 3.8) is 0 Å². The highest BCUT2D eigenvalue weighted by Crippen LogP contribution is 2.29. The number of hydrogen-bond donors (Lipinski definition) is 0. The summed E-state index contributed by atoms with van der Waals surface area (Å²) in [4.78, 5) is 2.14. The van der Waals surface area contributed by atoms with Gasteiger partial charge >= 0.3 is 0 Å². The Morgan fingerprint density at radius 3 is 2.06 bits per heavy atom. The van der Waals surface area contributed by atoms with Crippen molar-refractivity contribution < 1.29 is 0 Å². The molecule has 2 heteroatoms. The second-order valence-electron chi connectivity index (χ2n) is 8.55. The lowest BCUT2D eigenvalue weighted by Gasteiger charge is -2.22. The van der Waals surface area contributed by atoms with E-state index in [0.717, 1.165) is 17.8 Å². The first-order chi connectivity index (χ1) is 16.1. The Bertz CT molecular complexity index is 1410. The predicted octanol–water partition coefficient (Wildman–Crippen LogP) is 8.12. The Morgan fingerprint density at radius 2 is 1.36 bits per heavy atom. The molecule has 2 nitrogen and oxygen atoms in total. The van der Waals surface area contributed by atoms with Crippen molar-refractivity contribution in [2.45, 2.75) is 20.3 Å². The fourth-order valence-corrected chi connectivity index (χ4v) is 4.52. The zero-order chi connectivity index (χ0) is 22.8. The van der Waals surface area contributed by atoms with E-state index in [0.29, 0.717) is 0 Å². The largest absolute Gasteiger partial charge is 0.318 e. The quantitative estimate of drug-likeness (QED) is 0.265. The smallest absolute Gasteiger partial charge is 0.0531 e. The summed E-state index contributed by atoms with van der Waals surface area (Å²) in [6.45, 7) is 8.32. The highest BCUT2D eigenvalue weighted by Gasteiger charge is 2.09. The van der Waals surface area contributed by atoms with Gasteiger partial charge in [0, 0.05) is 34.8 Å². The van der Waals surface area contributed by atoms with Gasteiger partial charge in [-0.2, -0.15) is 0 Å². The van der Waals surface area contributed by atoms with E-state index in [9.17, 15) is 0 Å². The van der Waals surface area contributed by atoms with Gasteiger partial charge in [0.25, 0.3) is 0 Å². The van der Waals surface area contributed by atoms with Crippen molar-refractivity contribution >= 4 is 22.3 Å². The van der Waals surface area contributed by atoms with E-state index in [1.807, 2.05) is 6.20 Å². The molecule has 1 aromatic heterocycles. The number of hydrogen-bond acceptors (Lipinski definition) is 1. The maximum atomic E-state index is 4.02. The number of nitrogens with zero attached hydrogens (tertiary/aromatic N) is 2. The third-order valence-corrected chi connectivity index (χ3v) is 6.31. The van der Waals surface area contributed by atoms with E-state index in [2.05, 4.69) is 133 Å². The van der Waals surface area contributed by atoms with Crippen molar-refractivity contribution in [2.75, 3.05) is 4.90 Å². The van der Waals surface area contributed by atoms with E-state index < -0.39 is 0 Å². The Balaban J connectivity index is 1.35. The topological polar surface area (TPSA) is 8.17 Å². The van der Waals surface area contributed by atoms with Crippen LogP contribution in [0.1, 0.15) is 22.3 Å². The molecule has 0 spiro atoms. The molecule has 0 aliphatic carbocycles. The van der Waals surface area contributed by atoms with Crippen LogP contribution in [0.3, 0.4) is 0 Å². The van der Waals surface area contributed by atoms with Crippen LogP contribution >= 0.6 is 0 Å². The first-order valence-corrected chi connectivity index (χ1v) is 11.4. The maximum absolute atomic E-state index is 4.02. The first kappa shape index (κ1) is 20.8. The number of para-hydroxylation sites is 2. The van der Waals surface area contributed by atoms with Crippen molar-refractivity contribution in [3.05, 3.63) is 138 Å². The molecule has 0 radical (unpaired) electrons. The van der Waals surface area contributed by atoms with Gasteiger partial charge in [0.05, 0.1) is 5.52 Å². The molecule has 33 heavy (non-hydrogen) atoms. The zero-order valence-corrected chi connectivity index (χ0v) is 19.2. The minimum absolute atomic E-state index is 0.907. The summed E-state index contributed by atoms with van der Waals surface area (Å²) >= 11 is 0. The molecule has 0 fully saturated rings. The van der Waals surface area contributed by atoms with Crippen molar-refractivity contribution in [3.8, 4) is 5.69 Å². The summed E-state index contributed by atoms with van der Waals surface area (Å²) in [5.41, 5.74) is 9.84. The van der Waals surface area contributed by atoms with E-state index in [-0.39, 0.29) is 0 Å². The van der Waals surface area contributed by atoms with Crippen LogP contribution in [0.25, 0.3) is 16.6 Å². The molecule has 0 bridgehead atoms. The summed E-state index contributed by atoms with van der Waals surface area (Å²) < 4.78 is 2.28. The highest BCUT2D eigenvalue weighted by atomic mass is 15.1. The molecule has 0 N–H and O–H groups in total. The van der Waals surface area contributed by atoms with E-state index in [4.69, 9.17) is 0 Å². The van der Waals surface area contributed by atoms with Crippen LogP contribution in [-0.2, 0) is 6.42 Å². The second-order valence-corrected chi connectivity index (χ2v) is 8.55. The molecule has 0 unspecified atom stereocenters. The SMILES string of the molecule is C=CN(c1ccc(Cc2ccc(-n3cc(C)c4ccccc43)cc2)cc1)c1ccccc1C. The molecular formula is C31H28N2. The van der Waals surface area contributed by atoms with Gasteiger partial charge < -0.3 is 9.47 Å². The predicted molar refractivity (Wildman–Crippen MR) is 141 cm³/mol. The average molecular weight is 429 g/mol. The van der Waals surface area contributed by atoms with Crippen LogP contribution in [0, 0.1) is 13.8 Å². The average Bonchev–Trinajstić information content (AvgIpc) is 3.19. The fraction of sp³-hybridized carbons (Fsp3) is 0.0968. The number of anilines is 2. The number of fused-ring (bicyclic) bond motifs is 1. The summed E-state index contributed by atoms with van der Waals surface area (Å²) in [6, 6.07) is 34.6. The van der Waals surface area contributed by atoms with E-state index in [1.54, 1.807) is 0 Å². The Morgan fingerprint density at radius 1 is 0.727 bits per heavy atom. The van der Waals surface area contributed by atoms with E-state index in [1.165, 1.54) is 38.8 Å². The first-order valence-electron chi connectivity index (χ1n) is 11.4. The molecular weight excluding hydrogens is 400 g/mol. The summed E-state index contributed by atoms with van der Waals surface area (Å²) in [5.74, 6) is 0. The summed E-state index contributed by atoms with van der Waals surface area (Å²) in [5, 5.41) is 1.31. The van der Waals surface area contributed by atoms with Crippen LogP contribution in [0.2, 0.25) is 0 Å². The molecule has 0 atom stereocenters. The molecule has 162 valence electrons. The van der Waals surface area contributed by atoms with Crippen LogP contribution in [0.4, 0.5) is 11.4 Å². The van der Waals surface area contributed by atoms with Gasteiger partial charge in [0.2, 0.25) is 0 Å². The molecule has 0 saturated heterocycles. The molecule has 0 amide bonds. The van der Waals surface area contributed by atoms with Crippen molar-refractivity contribution in [1.82, 2.24) is 4.57 Å². The molecule has 5 rings (SSSR count). The summed E-state index contributed by atoms with van der Waals surface area (Å²) in [7, 11) is 0. The third-order valence-electron chi connectivity index (χ3n) is 6.31. The maximum Gasteiger partial charge on any atom is 0.0531 e. The molecule has 5 aromatic rings. The highest BCUT2D eigenvalue weighted by molar-refractivity contribution is 5.85. The van der Waals surface area contributed by atoms with Gasteiger partial charge in [-0.3, -0.25) is 0 Å². The van der Waals surface area contributed by atoms with Gasteiger partial charge in [0.1, 0.15) is 0 Å². The van der Waals surface area contributed by atoms with Gasteiger partial charge in [-0.25, -0.2) is 0 Å². The lowest BCUT2D eigenvalue weighted by Crippen LogP contribution is -2.09. The van der Waals surface area contributed by atoms with Crippen LogP contribution < -0.4 is 4.90 Å². The lowest BCUT2D eigenvalue weighted by atomic mass is 10.0. The van der Waals surface area contributed by atoms with Crippen LogP contribution in [0.15, 0.2) is 116 Å². The van der Waals surface area contributed by atoms with E-state index >= 15 is 0 Å². The number of aryl methyl sites for hydroxylation is 2. The van der Waals surface area contributed by atoms with Crippen molar-refractivity contribution in [2.24, 2.45) is 0 Å². The minimum atomic E-state index is 0.907. The van der Waals surface area contributed by atoms with Gasteiger partial charge in [-0.05, 0) is 78.9 Å². The normalized spacial score (nSPS) is 11.0. The second kappa shape index (κ2) is 8.84. The number of rotatable bonds is 6. The molecule has 0 saturated carbocycles. The van der Waals surface area contributed by atoms with Gasteiger partial charge in [-0.15, -0.1) is 0 Å². The summed E-state index contributed by atoms with van der Waals surface area (Å²) in [6.07, 6.45) is 5.01. The minimum Gasteiger partial charge on any atom is -0.318 e. The molecule has 1 heterocycles. The Labute approximate surface area is 196 Å². The lowest BCUT2D eigenvalue weighted by molar-refractivity contribution is 1.10. The number of benzene rings is 4. The van der Waals surface area contributed by atoms with Gasteiger partial charge in [-0.1, -0.05) is 67.2 Å². The standard InChI is InChI=1S/C31H28N2/c1-4-32(30-11-7-5-9-23(30)2)27-17-13-25(14-18-27)21-26-15-19-28(20-16-26)33-22-24(3)29-10-6-8-12-31(29)33/h4-20,22H,1,21H2,2-3H3. The molecule has 0 aliphatic heterocycles. The number of aromatic nitrogens is 1. The van der Waals surface area contributed by atoms with Crippen LogP contribution in [0.5, 0.6) is 0 Å². The fourth-order valence-electron chi connectivity index (χ4n) is 4.52. The Hall–Kier alpha value is -4.04. The monoisotopic (exact) mass is 428 g/mol. The molecule has 4 aromatic carbocycles. The Kier molecular flexibility index (Phi) is 5.58. The zero-order valence-electron chi connectivity index (χ0n) is 19.2. The third kappa shape index (κ3) is 4.08. The van der Waals surface area contributed by atoms with Crippen molar-refractivity contribution in [1.29, 1.82) is 0 Å². The van der Waals surface area contributed by atoms with Gasteiger partial charge in [0.15, 0.2) is 0 Å².